The summed E-state index contributed by atoms with van der Waals surface area (Å²) in [5.41, 5.74) is 5.33. The van der Waals surface area contributed by atoms with E-state index in [1.165, 1.54) is 7.11 Å². The lowest BCUT2D eigenvalue weighted by atomic mass is 10.2. The van der Waals surface area contributed by atoms with Crippen molar-refractivity contribution in [2.75, 3.05) is 13.7 Å². The first-order valence-corrected chi connectivity index (χ1v) is 4.80. The van der Waals surface area contributed by atoms with Crippen LogP contribution in [-0.2, 0) is 14.3 Å². The van der Waals surface area contributed by atoms with Crippen LogP contribution in [-0.4, -0.2) is 42.8 Å². The summed E-state index contributed by atoms with van der Waals surface area (Å²) in [7, 11) is 1.46. The van der Waals surface area contributed by atoms with Crippen molar-refractivity contribution < 1.29 is 19.4 Å². The number of methoxy groups -OCH3 is 1. The number of carbonyl (C=O) groups excluding carboxylic acids is 1. The third kappa shape index (κ3) is 5.34. The fraction of sp³-hybridized carbons (Fsp3) is 0.778. The maximum absolute atomic E-state index is 11.3. The third-order valence-corrected chi connectivity index (χ3v) is 2.05. The summed E-state index contributed by atoms with van der Waals surface area (Å²) in [5, 5.41) is 11.1. The highest BCUT2D eigenvalue weighted by molar-refractivity contribution is 5.83. The summed E-state index contributed by atoms with van der Waals surface area (Å²) < 4.78 is 4.91. The average molecular weight is 218 g/mol. The molecular formula is C9H18N2O4. The number of aliphatic carboxylic acids is 1. The third-order valence-electron chi connectivity index (χ3n) is 2.05. The first-order chi connectivity index (χ1) is 7.04. The fourth-order valence-electron chi connectivity index (χ4n) is 1.06. The summed E-state index contributed by atoms with van der Waals surface area (Å²) in [6, 6.07) is -0.840. The van der Waals surface area contributed by atoms with E-state index in [1.807, 2.05) is 0 Å². The van der Waals surface area contributed by atoms with Crippen molar-refractivity contribution in [1.29, 1.82) is 0 Å². The van der Waals surface area contributed by atoms with Crippen LogP contribution in [0.15, 0.2) is 0 Å². The Hall–Kier alpha value is -1.14. The predicted octanol–water partition coefficient (Wildman–Crippen LogP) is -0.670. The Morgan fingerprint density at radius 1 is 1.53 bits per heavy atom. The van der Waals surface area contributed by atoms with Crippen LogP contribution in [0.5, 0.6) is 0 Å². The van der Waals surface area contributed by atoms with Gasteiger partial charge in [-0.15, -0.1) is 0 Å². The number of nitrogens with one attached hydrogen (secondary N) is 1. The van der Waals surface area contributed by atoms with Gasteiger partial charge in [0.05, 0.1) is 12.5 Å². The zero-order chi connectivity index (χ0) is 11.8. The van der Waals surface area contributed by atoms with Gasteiger partial charge in [-0.1, -0.05) is 6.92 Å². The Balaban J connectivity index is 4.06. The highest BCUT2D eigenvalue weighted by Crippen LogP contribution is 1.97. The molecule has 0 aliphatic heterocycles. The average Bonchev–Trinajstić information content (AvgIpc) is 2.22. The summed E-state index contributed by atoms with van der Waals surface area (Å²) in [6.07, 6.45) is 0.0642. The van der Waals surface area contributed by atoms with Gasteiger partial charge in [-0.05, 0) is 6.42 Å². The lowest BCUT2D eigenvalue weighted by Crippen LogP contribution is -2.42. The van der Waals surface area contributed by atoms with Gasteiger partial charge in [-0.2, -0.15) is 0 Å². The Labute approximate surface area is 88.8 Å². The lowest BCUT2D eigenvalue weighted by molar-refractivity contribution is -0.142. The van der Waals surface area contributed by atoms with E-state index in [0.717, 1.165) is 0 Å². The number of carboxylic acid groups (broad SMARTS) is 1. The highest BCUT2D eigenvalue weighted by atomic mass is 16.5. The van der Waals surface area contributed by atoms with Gasteiger partial charge in [0, 0.05) is 13.7 Å². The molecule has 0 fully saturated rings. The van der Waals surface area contributed by atoms with Crippen LogP contribution in [0.3, 0.4) is 0 Å². The van der Waals surface area contributed by atoms with Crippen molar-refractivity contribution >= 4 is 11.9 Å². The molecule has 88 valence electrons. The van der Waals surface area contributed by atoms with E-state index in [-0.39, 0.29) is 25.0 Å². The Bertz CT molecular complexity index is 216. The molecule has 0 aromatic rings. The van der Waals surface area contributed by atoms with E-state index in [0.29, 0.717) is 6.42 Å². The molecule has 0 radical (unpaired) electrons. The second-order valence-electron chi connectivity index (χ2n) is 3.16. The highest BCUT2D eigenvalue weighted by Gasteiger charge is 2.19. The van der Waals surface area contributed by atoms with Gasteiger partial charge in [0.1, 0.15) is 6.04 Å². The van der Waals surface area contributed by atoms with Crippen molar-refractivity contribution in [3.8, 4) is 0 Å². The molecule has 2 atom stereocenters. The number of rotatable bonds is 7. The molecule has 0 spiro atoms. The van der Waals surface area contributed by atoms with E-state index < -0.39 is 12.0 Å². The lowest BCUT2D eigenvalue weighted by Gasteiger charge is -2.15. The molecule has 1 amide bonds. The minimum Gasteiger partial charge on any atom is -0.480 e. The zero-order valence-corrected chi connectivity index (χ0v) is 9.03. The second-order valence-corrected chi connectivity index (χ2v) is 3.16. The fourth-order valence-corrected chi connectivity index (χ4v) is 1.06. The van der Waals surface area contributed by atoms with E-state index in [4.69, 9.17) is 15.6 Å². The topological polar surface area (TPSA) is 102 Å². The maximum atomic E-state index is 11.3. The van der Waals surface area contributed by atoms with Crippen molar-refractivity contribution in [3.63, 3.8) is 0 Å². The first kappa shape index (κ1) is 13.9. The summed E-state index contributed by atoms with van der Waals surface area (Å²) in [4.78, 5) is 22.0. The standard InChI is InChI=1S/C9H18N2O4/c1-3-7(9(13)14)11-8(12)4-6(5-10)15-2/h6-7H,3-5,10H2,1-2H3,(H,11,12)(H,13,14). The van der Waals surface area contributed by atoms with Crippen molar-refractivity contribution in [2.45, 2.75) is 31.9 Å². The van der Waals surface area contributed by atoms with E-state index >= 15 is 0 Å². The number of amides is 1. The molecule has 6 nitrogen and oxygen atoms in total. The number of hydrogen-bond donors (Lipinski definition) is 3. The van der Waals surface area contributed by atoms with Crippen molar-refractivity contribution in [1.82, 2.24) is 5.32 Å². The monoisotopic (exact) mass is 218 g/mol. The first-order valence-electron chi connectivity index (χ1n) is 4.80. The molecule has 0 rings (SSSR count). The maximum Gasteiger partial charge on any atom is 0.326 e. The molecule has 0 aliphatic rings. The minimum absolute atomic E-state index is 0.0801. The zero-order valence-electron chi connectivity index (χ0n) is 9.03. The van der Waals surface area contributed by atoms with Crippen LogP contribution in [0, 0.1) is 0 Å². The molecule has 4 N–H and O–H groups in total. The summed E-state index contributed by atoms with van der Waals surface area (Å²) in [5.74, 6) is -1.39. The SMILES string of the molecule is CCC(NC(=O)CC(CN)OC)C(=O)O. The van der Waals surface area contributed by atoms with Gasteiger partial charge in [-0.25, -0.2) is 4.79 Å². The van der Waals surface area contributed by atoms with Crippen LogP contribution in [0.2, 0.25) is 0 Å². The van der Waals surface area contributed by atoms with Gasteiger partial charge in [0.2, 0.25) is 5.91 Å². The van der Waals surface area contributed by atoms with Crippen molar-refractivity contribution in [3.05, 3.63) is 0 Å². The molecule has 0 saturated heterocycles. The molecule has 15 heavy (non-hydrogen) atoms. The number of carbonyl (C=O) groups is 2. The second kappa shape index (κ2) is 7.19. The Morgan fingerprint density at radius 3 is 2.47 bits per heavy atom. The molecule has 0 aromatic carbocycles. The largest absolute Gasteiger partial charge is 0.480 e. The smallest absolute Gasteiger partial charge is 0.326 e. The van der Waals surface area contributed by atoms with Gasteiger partial charge < -0.3 is 20.9 Å². The molecule has 0 bridgehead atoms. The normalized spacial score (nSPS) is 14.3. The number of ether oxygens (including phenoxy) is 1. The van der Waals surface area contributed by atoms with Crippen molar-refractivity contribution in [2.24, 2.45) is 5.73 Å². The quantitative estimate of drug-likeness (QED) is 0.526. The van der Waals surface area contributed by atoms with Crippen LogP contribution in [0.25, 0.3) is 0 Å². The van der Waals surface area contributed by atoms with Crippen LogP contribution < -0.4 is 11.1 Å². The molecular weight excluding hydrogens is 200 g/mol. The molecule has 6 heteroatoms. The molecule has 0 aliphatic carbocycles. The van der Waals surface area contributed by atoms with Gasteiger partial charge >= 0.3 is 5.97 Å². The minimum atomic E-state index is -1.03. The van der Waals surface area contributed by atoms with Gasteiger partial charge in [0.15, 0.2) is 0 Å². The van der Waals surface area contributed by atoms with E-state index in [2.05, 4.69) is 5.32 Å². The summed E-state index contributed by atoms with van der Waals surface area (Å²) >= 11 is 0. The predicted molar refractivity (Wildman–Crippen MR) is 54.3 cm³/mol. The Kier molecular flexibility index (Phi) is 6.64. The molecule has 2 unspecified atom stereocenters. The summed E-state index contributed by atoms with van der Waals surface area (Å²) in [6.45, 7) is 1.92. The molecule has 0 heterocycles. The van der Waals surface area contributed by atoms with Crippen LogP contribution in [0.4, 0.5) is 0 Å². The van der Waals surface area contributed by atoms with Crippen LogP contribution in [0.1, 0.15) is 19.8 Å². The molecule has 0 saturated carbocycles. The van der Waals surface area contributed by atoms with E-state index in [9.17, 15) is 9.59 Å². The van der Waals surface area contributed by atoms with Gasteiger partial charge in [-0.3, -0.25) is 4.79 Å². The van der Waals surface area contributed by atoms with Gasteiger partial charge in [0.25, 0.3) is 0 Å². The number of nitrogens with two attached hydrogens (primary N) is 1. The number of hydrogen-bond acceptors (Lipinski definition) is 4. The molecule has 0 aromatic heterocycles. The van der Waals surface area contributed by atoms with E-state index in [1.54, 1.807) is 6.92 Å². The Morgan fingerprint density at radius 2 is 2.13 bits per heavy atom. The number of carboxylic acids is 1. The van der Waals surface area contributed by atoms with Crippen LogP contribution >= 0.6 is 0 Å².